The zero-order valence-corrected chi connectivity index (χ0v) is 10.1. The van der Waals surface area contributed by atoms with Crippen molar-refractivity contribution in [2.75, 3.05) is 26.7 Å². The van der Waals surface area contributed by atoms with Gasteiger partial charge in [-0.2, -0.15) is 0 Å². The Morgan fingerprint density at radius 1 is 1.25 bits per heavy atom. The zero-order chi connectivity index (χ0) is 12.5. The summed E-state index contributed by atoms with van der Waals surface area (Å²) in [5.74, 6) is 0. The van der Waals surface area contributed by atoms with E-state index < -0.39 is 12.4 Å². The van der Waals surface area contributed by atoms with E-state index in [0.29, 0.717) is 13.1 Å². The molecule has 0 spiro atoms. The fourth-order valence-electron chi connectivity index (χ4n) is 2.03. The molecule has 1 aliphatic rings. The van der Waals surface area contributed by atoms with Crippen LogP contribution in [0.3, 0.4) is 0 Å². The van der Waals surface area contributed by atoms with Crippen molar-refractivity contribution in [2.24, 2.45) is 0 Å². The van der Waals surface area contributed by atoms with E-state index in [9.17, 15) is 12.9 Å². The van der Waals surface area contributed by atoms with Gasteiger partial charge in [-0.05, 0) is 27.4 Å². The number of nitrogens with zero attached hydrogens (tertiary/aromatic N) is 2. The summed E-state index contributed by atoms with van der Waals surface area (Å²) < 4.78 is 37.2. The van der Waals surface area contributed by atoms with E-state index in [2.05, 4.69) is 11.5 Å². The van der Waals surface area contributed by atoms with Crippen molar-refractivity contribution in [1.29, 1.82) is 0 Å². The quantitative estimate of drug-likeness (QED) is 0.690. The van der Waals surface area contributed by atoms with E-state index in [1.54, 1.807) is 0 Å². The molecule has 0 N–H and O–H groups in total. The highest BCUT2D eigenvalue weighted by molar-refractivity contribution is 6.66. The maximum atomic E-state index is 12.4. The van der Waals surface area contributed by atoms with Gasteiger partial charge in [-0.3, -0.25) is 9.80 Å². The number of hydrogen-bond donors (Lipinski definition) is 0. The summed E-state index contributed by atoms with van der Waals surface area (Å²) in [4.78, 5) is 4.03. The standard InChI is InChI=1S/C10H19BF3N2/c1-8(11(12,13)14)5-16-6-9(2)15(4)10(3)7-16/h9-10H,1,5-7H2,2-4H3/q-1/t9-,10+. The van der Waals surface area contributed by atoms with E-state index in [-0.39, 0.29) is 18.6 Å². The molecule has 0 aromatic rings. The Morgan fingerprint density at radius 3 is 2.06 bits per heavy atom. The van der Waals surface area contributed by atoms with Crippen LogP contribution >= 0.6 is 0 Å². The lowest BCUT2D eigenvalue weighted by atomic mass is 9.80. The Morgan fingerprint density at radius 2 is 1.69 bits per heavy atom. The minimum absolute atomic E-state index is 0.0496. The van der Waals surface area contributed by atoms with Crippen LogP contribution in [0.5, 0.6) is 0 Å². The van der Waals surface area contributed by atoms with Crippen molar-refractivity contribution < 1.29 is 12.9 Å². The van der Waals surface area contributed by atoms with E-state index in [1.807, 2.05) is 25.8 Å². The van der Waals surface area contributed by atoms with Crippen LogP contribution in [0.2, 0.25) is 0 Å². The average molecular weight is 235 g/mol. The summed E-state index contributed by atoms with van der Waals surface area (Å²) in [5, 5.41) is 0. The van der Waals surface area contributed by atoms with Gasteiger partial charge in [0.1, 0.15) is 0 Å². The minimum atomic E-state index is -4.89. The lowest BCUT2D eigenvalue weighted by Gasteiger charge is -2.43. The third kappa shape index (κ3) is 3.25. The molecule has 16 heavy (non-hydrogen) atoms. The van der Waals surface area contributed by atoms with Crippen LogP contribution in [0.25, 0.3) is 0 Å². The molecule has 0 saturated carbocycles. The van der Waals surface area contributed by atoms with Gasteiger partial charge >= 0.3 is 6.98 Å². The molecule has 2 atom stereocenters. The molecular formula is C10H19BF3N2-. The monoisotopic (exact) mass is 235 g/mol. The molecule has 1 saturated heterocycles. The normalized spacial score (nSPS) is 29.4. The smallest absolute Gasteiger partial charge is 0.445 e. The van der Waals surface area contributed by atoms with Gasteiger partial charge in [0.15, 0.2) is 0 Å². The van der Waals surface area contributed by atoms with Crippen molar-refractivity contribution >= 4 is 6.98 Å². The molecule has 0 bridgehead atoms. The number of hydrogen-bond acceptors (Lipinski definition) is 2. The van der Waals surface area contributed by atoms with Gasteiger partial charge in [-0.1, -0.05) is 0 Å². The van der Waals surface area contributed by atoms with Gasteiger partial charge in [0, 0.05) is 25.2 Å². The molecular weight excluding hydrogens is 216 g/mol. The second kappa shape index (κ2) is 4.79. The molecule has 0 aromatic heterocycles. The SMILES string of the molecule is C=C(CN1C[C@@H](C)N(C)[C@@H](C)C1)[B-](F)(F)F. The Bertz CT molecular complexity index is 255. The van der Waals surface area contributed by atoms with Crippen LogP contribution in [-0.4, -0.2) is 55.5 Å². The maximum absolute atomic E-state index is 12.4. The molecule has 2 nitrogen and oxygen atoms in total. The Kier molecular flexibility index (Phi) is 4.07. The molecule has 0 aliphatic carbocycles. The second-order valence-electron chi connectivity index (χ2n) is 4.79. The van der Waals surface area contributed by atoms with Gasteiger partial charge < -0.3 is 12.9 Å². The summed E-state index contributed by atoms with van der Waals surface area (Å²) in [5.41, 5.74) is -0.594. The number of rotatable bonds is 3. The van der Waals surface area contributed by atoms with Crippen LogP contribution in [0.1, 0.15) is 13.8 Å². The molecule has 1 rings (SSSR count). The van der Waals surface area contributed by atoms with Gasteiger partial charge in [-0.15, -0.1) is 12.1 Å². The summed E-state index contributed by atoms with van der Waals surface area (Å²) in [6.45, 7) is 3.60. The summed E-state index contributed by atoms with van der Waals surface area (Å²) in [6, 6.07) is 0.578. The fourth-order valence-corrected chi connectivity index (χ4v) is 2.03. The number of likely N-dealkylation sites (N-methyl/N-ethyl adjacent to an activating group) is 1. The molecule has 0 radical (unpaired) electrons. The number of halogens is 3. The van der Waals surface area contributed by atoms with Gasteiger partial charge in [0.25, 0.3) is 0 Å². The Balaban J connectivity index is 2.54. The second-order valence-corrected chi connectivity index (χ2v) is 4.79. The molecule has 1 aliphatic heterocycles. The fraction of sp³-hybridized carbons (Fsp3) is 0.800. The van der Waals surface area contributed by atoms with Crippen LogP contribution in [-0.2, 0) is 0 Å². The molecule has 0 amide bonds. The van der Waals surface area contributed by atoms with Crippen molar-refractivity contribution in [2.45, 2.75) is 25.9 Å². The highest BCUT2D eigenvalue weighted by Crippen LogP contribution is 2.21. The van der Waals surface area contributed by atoms with Crippen LogP contribution in [0.4, 0.5) is 12.9 Å². The third-order valence-electron chi connectivity index (χ3n) is 3.32. The molecule has 1 heterocycles. The van der Waals surface area contributed by atoms with E-state index in [1.165, 1.54) is 0 Å². The van der Waals surface area contributed by atoms with Crippen molar-refractivity contribution in [1.82, 2.24) is 9.80 Å². The van der Waals surface area contributed by atoms with Gasteiger partial charge in [0.05, 0.1) is 0 Å². The minimum Gasteiger partial charge on any atom is -0.445 e. The average Bonchev–Trinajstić information content (AvgIpc) is 2.12. The maximum Gasteiger partial charge on any atom is 0.506 e. The first kappa shape index (κ1) is 13.6. The van der Waals surface area contributed by atoms with Crippen LogP contribution in [0, 0.1) is 0 Å². The molecule has 1 fully saturated rings. The van der Waals surface area contributed by atoms with Crippen molar-refractivity contribution in [3.05, 3.63) is 12.1 Å². The highest BCUT2D eigenvalue weighted by atomic mass is 19.4. The molecule has 0 aromatic carbocycles. The van der Waals surface area contributed by atoms with Crippen LogP contribution < -0.4 is 0 Å². The zero-order valence-electron chi connectivity index (χ0n) is 10.1. The largest absolute Gasteiger partial charge is 0.506 e. The van der Waals surface area contributed by atoms with Gasteiger partial charge in [-0.25, -0.2) is 0 Å². The number of piperazine rings is 1. The van der Waals surface area contributed by atoms with Crippen molar-refractivity contribution in [3.8, 4) is 0 Å². The lowest BCUT2D eigenvalue weighted by Crippen LogP contribution is -2.55. The molecule has 6 heteroatoms. The summed E-state index contributed by atoms with van der Waals surface area (Å²) in [6.07, 6.45) is 0. The van der Waals surface area contributed by atoms with E-state index in [0.717, 1.165) is 0 Å². The predicted octanol–water partition coefficient (Wildman–Crippen LogP) is 1.95. The topological polar surface area (TPSA) is 6.48 Å². The first-order chi connectivity index (χ1) is 7.21. The van der Waals surface area contributed by atoms with Crippen LogP contribution in [0.15, 0.2) is 12.1 Å². The van der Waals surface area contributed by atoms with Gasteiger partial charge in [0.2, 0.25) is 0 Å². The first-order valence-corrected chi connectivity index (χ1v) is 5.53. The summed E-state index contributed by atoms with van der Waals surface area (Å²) in [7, 11) is 2.01. The Labute approximate surface area is 95.2 Å². The summed E-state index contributed by atoms with van der Waals surface area (Å²) >= 11 is 0. The third-order valence-corrected chi connectivity index (χ3v) is 3.32. The lowest BCUT2D eigenvalue weighted by molar-refractivity contribution is 0.0661. The van der Waals surface area contributed by atoms with Crippen molar-refractivity contribution in [3.63, 3.8) is 0 Å². The van der Waals surface area contributed by atoms with E-state index >= 15 is 0 Å². The first-order valence-electron chi connectivity index (χ1n) is 5.53. The molecule has 0 unspecified atom stereocenters. The Hall–Kier alpha value is -0.485. The van der Waals surface area contributed by atoms with E-state index in [4.69, 9.17) is 0 Å². The molecule has 94 valence electrons. The predicted molar refractivity (Wildman–Crippen MR) is 61.3 cm³/mol. The highest BCUT2D eigenvalue weighted by Gasteiger charge is 2.31.